The smallest absolute Gasteiger partial charge is 0.119 e. The van der Waals surface area contributed by atoms with Gasteiger partial charge in [-0.05, 0) is 99.1 Å². The second kappa shape index (κ2) is 15.9. The summed E-state index contributed by atoms with van der Waals surface area (Å²) in [5.41, 5.74) is 0.153. The van der Waals surface area contributed by atoms with E-state index in [4.69, 9.17) is 14.2 Å². The molecule has 0 fully saturated rings. The van der Waals surface area contributed by atoms with Crippen molar-refractivity contribution in [1.82, 2.24) is 0 Å². The van der Waals surface area contributed by atoms with Crippen LogP contribution in [0.2, 0.25) is 0 Å². The number of benzene rings is 3. The van der Waals surface area contributed by atoms with E-state index >= 15 is 0 Å². The molecule has 0 aliphatic rings. The molecule has 0 aromatic heterocycles. The van der Waals surface area contributed by atoms with E-state index in [1.807, 2.05) is 91.0 Å². The number of hydrogen-bond acceptors (Lipinski definition) is 3. The molecule has 1 atom stereocenters. The Balaban J connectivity index is 1.40. The van der Waals surface area contributed by atoms with Crippen molar-refractivity contribution in [2.24, 2.45) is 11.3 Å². The zero-order chi connectivity index (χ0) is 25.3. The lowest BCUT2D eigenvalue weighted by molar-refractivity contribution is 0.173. The summed E-state index contributed by atoms with van der Waals surface area (Å²) in [5, 5.41) is 0. The van der Waals surface area contributed by atoms with Crippen LogP contribution < -0.4 is 14.2 Å². The Hall–Kier alpha value is -2.94. The summed E-state index contributed by atoms with van der Waals surface area (Å²) in [6.45, 7) is 7.07. The number of unbranched alkanes of at least 4 members (excludes halogenated alkanes) is 3. The average Bonchev–Trinajstić information content (AvgIpc) is 2.91. The molecular formula is C33H43O3. The van der Waals surface area contributed by atoms with Gasteiger partial charge >= 0.3 is 0 Å². The summed E-state index contributed by atoms with van der Waals surface area (Å²) in [4.78, 5) is 0. The van der Waals surface area contributed by atoms with E-state index in [-0.39, 0.29) is 5.41 Å². The molecule has 3 heteroatoms. The predicted molar refractivity (Wildman–Crippen MR) is 150 cm³/mol. The highest BCUT2D eigenvalue weighted by molar-refractivity contribution is 5.22. The number of ether oxygens (including phenoxy) is 3. The predicted octanol–water partition coefficient (Wildman–Crippen LogP) is 8.80. The van der Waals surface area contributed by atoms with Crippen molar-refractivity contribution in [3.8, 4) is 17.2 Å². The molecule has 0 saturated heterocycles. The van der Waals surface area contributed by atoms with Gasteiger partial charge in [-0.2, -0.15) is 0 Å². The van der Waals surface area contributed by atoms with Crippen molar-refractivity contribution in [3.05, 3.63) is 97.4 Å². The minimum atomic E-state index is 0.153. The maximum atomic E-state index is 6.06. The van der Waals surface area contributed by atoms with Crippen molar-refractivity contribution in [2.45, 2.75) is 58.8 Å². The third kappa shape index (κ3) is 10.8. The molecule has 0 bridgehead atoms. The van der Waals surface area contributed by atoms with Crippen molar-refractivity contribution < 1.29 is 14.2 Å². The SMILES string of the molecule is CC(C)([CH]CCCCOc1ccccc1)C(CCCCOc1ccccc1)CCOc1ccccc1. The molecule has 0 amide bonds. The van der Waals surface area contributed by atoms with Gasteiger partial charge in [-0.25, -0.2) is 0 Å². The van der Waals surface area contributed by atoms with Crippen molar-refractivity contribution in [1.29, 1.82) is 0 Å². The molecule has 1 radical (unpaired) electrons. The van der Waals surface area contributed by atoms with E-state index < -0.39 is 0 Å². The van der Waals surface area contributed by atoms with Crippen LogP contribution in [0.15, 0.2) is 91.0 Å². The Labute approximate surface area is 218 Å². The van der Waals surface area contributed by atoms with Gasteiger partial charge in [0.25, 0.3) is 0 Å². The standard InChI is InChI=1S/C33H43O3/c1-33(2,25-14-6-15-26-34-30-18-7-3-8-19-30)29(24-28-36-32-22-11-5-12-23-32)17-13-16-27-35-31-20-9-4-10-21-31/h3-5,7-12,18-23,25,29H,6,13-17,24,26-28H2,1-2H3. The summed E-state index contributed by atoms with van der Waals surface area (Å²) in [7, 11) is 0. The molecule has 193 valence electrons. The maximum Gasteiger partial charge on any atom is 0.119 e. The highest BCUT2D eigenvalue weighted by Crippen LogP contribution is 2.37. The van der Waals surface area contributed by atoms with Crippen LogP contribution in [0.5, 0.6) is 17.2 Å². The molecule has 0 N–H and O–H groups in total. The fourth-order valence-corrected chi connectivity index (χ4v) is 4.52. The number of hydrogen-bond donors (Lipinski definition) is 0. The van der Waals surface area contributed by atoms with Gasteiger partial charge in [0.05, 0.1) is 19.8 Å². The van der Waals surface area contributed by atoms with Gasteiger partial charge in [0, 0.05) is 0 Å². The molecule has 0 aliphatic carbocycles. The summed E-state index contributed by atoms with van der Waals surface area (Å²) in [6, 6.07) is 30.3. The Morgan fingerprint density at radius 3 is 1.50 bits per heavy atom. The van der Waals surface area contributed by atoms with E-state index in [0.29, 0.717) is 5.92 Å². The first-order valence-corrected chi connectivity index (χ1v) is 13.5. The van der Waals surface area contributed by atoms with Crippen molar-refractivity contribution in [2.75, 3.05) is 19.8 Å². The first-order valence-electron chi connectivity index (χ1n) is 13.5. The molecule has 3 aromatic carbocycles. The van der Waals surface area contributed by atoms with Gasteiger partial charge in [0.2, 0.25) is 0 Å². The highest BCUT2D eigenvalue weighted by Gasteiger charge is 2.28. The molecule has 0 aliphatic heterocycles. The third-order valence-electron chi connectivity index (χ3n) is 6.77. The normalized spacial score (nSPS) is 12.2. The van der Waals surface area contributed by atoms with Gasteiger partial charge < -0.3 is 14.2 Å². The topological polar surface area (TPSA) is 27.7 Å². The van der Waals surface area contributed by atoms with Crippen LogP contribution in [-0.4, -0.2) is 19.8 Å². The largest absolute Gasteiger partial charge is 0.494 e. The van der Waals surface area contributed by atoms with Gasteiger partial charge in [0.1, 0.15) is 17.2 Å². The lowest BCUT2D eigenvalue weighted by Crippen LogP contribution is -2.27. The summed E-state index contributed by atoms with van der Waals surface area (Å²) >= 11 is 0. The first-order chi connectivity index (χ1) is 17.6. The second-order valence-corrected chi connectivity index (χ2v) is 9.99. The molecule has 36 heavy (non-hydrogen) atoms. The quantitative estimate of drug-likeness (QED) is 0.168. The monoisotopic (exact) mass is 487 g/mol. The summed E-state index contributed by atoms with van der Waals surface area (Å²) < 4.78 is 17.8. The van der Waals surface area contributed by atoms with Crippen LogP contribution in [0.3, 0.4) is 0 Å². The third-order valence-corrected chi connectivity index (χ3v) is 6.77. The molecular weight excluding hydrogens is 444 g/mol. The summed E-state index contributed by atoms with van der Waals surface area (Å²) in [6.07, 6.45) is 10.3. The van der Waals surface area contributed by atoms with Gasteiger partial charge in [-0.1, -0.05) is 68.4 Å². The van der Waals surface area contributed by atoms with Crippen LogP contribution >= 0.6 is 0 Å². The second-order valence-electron chi connectivity index (χ2n) is 9.99. The van der Waals surface area contributed by atoms with Crippen LogP contribution in [0.1, 0.15) is 58.8 Å². The molecule has 0 heterocycles. The average molecular weight is 488 g/mol. The van der Waals surface area contributed by atoms with Crippen molar-refractivity contribution >= 4 is 0 Å². The Kier molecular flexibility index (Phi) is 12.2. The molecule has 0 saturated carbocycles. The molecule has 0 spiro atoms. The van der Waals surface area contributed by atoms with E-state index in [9.17, 15) is 0 Å². The fraction of sp³-hybridized carbons (Fsp3) is 0.424. The summed E-state index contributed by atoms with van der Waals surface area (Å²) in [5.74, 6) is 3.43. The highest BCUT2D eigenvalue weighted by atomic mass is 16.5. The maximum absolute atomic E-state index is 6.06. The van der Waals surface area contributed by atoms with E-state index in [2.05, 4.69) is 20.3 Å². The van der Waals surface area contributed by atoms with Gasteiger partial charge in [0.15, 0.2) is 0 Å². The van der Waals surface area contributed by atoms with Gasteiger partial charge in [-0.3, -0.25) is 0 Å². The Morgan fingerprint density at radius 2 is 1.00 bits per heavy atom. The Morgan fingerprint density at radius 1 is 0.556 bits per heavy atom. The molecule has 1 unspecified atom stereocenters. The number of para-hydroxylation sites is 3. The zero-order valence-corrected chi connectivity index (χ0v) is 22.1. The minimum absolute atomic E-state index is 0.153. The van der Waals surface area contributed by atoms with E-state index in [0.717, 1.165) is 75.6 Å². The first kappa shape index (κ1) is 27.6. The molecule has 3 nitrogen and oxygen atoms in total. The van der Waals surface area contributed by atoms with Crippen LogP contribution in [0, 0.1) is 17.8 Å². The van der Waals surface area contributed by atoms with Crippen molar-refractivity contribution in [3.63, 3.8) is 0 Å². The molecule has 3 rings (SSSR count). The lowest BCUT2D eigenvalue weighted by Gasteiger charge is -2.35. The van der Waals surface area contributed by atoms with Crippen LogP contribution in [0.25, 0.3) is 0 Å². The zero-order valence-electron chi connectivity index (χ0n) is 22.1. The van der Waals surface area contributed by atoms with Gasteiger partial charge in [-0.15, -0.1) is 0 Å². The van der Waals surface area contributed by atoms with E-state index in [1.54, 1.807) is 0 Å². The number of rotatable bonds is 18. The van der Waals surface area contributed by atoms with E-state index in [1.165, 1.54) is 6.42 Å². The van der Waals surface area contributed by atoms with Crippen LogP contribution in [-0.2, 0) is 0 Å². The molecule has 3 aromatic rings. The lowest BCUT2D eigenvalue weighted by atomic mass is 9.71. The Bertz CT molecular complexity index is 925. The fourth-order valence-electron chi connectivity index (χ4n) is 4.52. The van der Waals surface area contributed by atoms with Crippen LogP contribution in [0.4, 0.5) is 0 Å². The minimum Gasteiger partial charge on any atom is -0.494 e.